The Hall–Kier alpha value is -1.60. The lowest BCUT2D eigenvalue weighted by atomic mass is 10.3. The minimum atomic E-state index is 0.218. The molecule has 22 heavy (non-hydrogen) atoms. The lowest BCUT2D eigenvalue weighted by Crippen LogP contribution is -2.27. The number of hydrogen-bond acceptors (Lipinski definition) is 5. The number of amides is 1. The number of benzene rings is 1. The molecule has 1 fully saturated rings. The van der Waals surface area contributed by atoms with Crippen LogP contribution in [0.2, 0.25) is 5.02 Å². The van der Waals surface area contributed by atoms with Gasteiger partial charge in [0.05, 0.1) is 5.69 Å². The third-order valence-corrected chi connectivity index (χ3v) is 4.69. The van der Waals surface area contributed by atoms with Gasteiger partial charge in [-0.25, -0.2) is 0 Å². The van der Waals surface area contributed by atoms with E-state index in [4.69, 9.17) is 11.6 Å². The van der Waals surface area contributed by atoms with E-state index in [1.807, 2.05) is 17.0 Å². The Bertz CT molecular complexity index is 639. The van der Waals surface area contributed by atoms with Gasteiger partial charge in [-0.05, 0) is 47.5 Å². The maximum atomic E-state index is 12.0. The zero-order chi connectivity index (χ0) is 15.4. The first-order valence-electron chi connectivity index (χ1n) is 7.19. The van der Waals surface area contributed by atoms with Crippen LogP contribution in [0.4, 0.5) is 0 Å². The van der Waals surface area contributed by atoms with Crippen LogP contribution in [0.3, 0.4) is 0 Å². The van der Waals surface area contributed by atoms with Crippen molar-refractivity contribution in [2.75, 3.05) is 18.8 Å². The Morgan fingerprint density at radius 3 is 2.68 bits per heavy atom. The van der Waals surface area contributed by atoms with Gasteiger partial charge in [0.15, 0.2) is 0 Å². The van der Waals surface area contributed by atoms with Crippen LogP contribution in [0.5, 0.6) is 0 Å². The molecule has 2 aromatic rings. The minimum absolute atomic E-state index is 0.218. The van der Waals surface area contributed by atoms with E-state index in [0.717, 1.165) is 31.6 Å². The number of thioether (sulfide) groups is 1. The smallest absolute Gasteiger partial charge is 0.223 e. The second kappa shape index (κ2) is 7.11. The van der Waals surface area contributed by atoms with Crippen molar-refractivity contribution < 1.29 is 4.79 Å². The van der Waals surface area contributed by atoms with E-state index in [2.05, 4.69) is 15.5 Å². The summed E-state index contributed by atoms with van der Waals surface area (Å²) in [5.41, 5.74) is 0.850. The summed E-state index contributed by atoms with van der Waals surface area (Å²) >= 11 is 7.37. The highest BCUT2D eigenvalue weighted by Gasteiger charge is 2.18. The number of hydrogen-bond donors (Lipinski definition) is 0. The molecule has 116 valence electrons. The van der Waals surface area contributed by atoms with E-state index >= 15 is 0 Å². The minimum Gasteiger partial charge on any atom is -0.343 e. The molecule has 0 spiro atoms. The topological polar surface area (TPSA) is 63.9 Å². The predicted molar refractivity (Wildman–Crippen MR) is 85.3 cm³/mol. The molecule has 1 amide bonds. The molecule has 0 unspecified atom stereocenters. The molecule has 2 heterocycles. The molecule has 0 N–H and O–H groups in total. The standard InChI is InChI=1S/C14H16ClN5OS/c15-11-3-5-12(6-4-11)20-14(16-17-18-20)22-10-7-13(21)19-8-1-2-9-19/h3-6H,1-2,7-10H2. The van der Waals surface area contributed by atoms with E-state index in [1.54, 1.807) is 16.8 Å². The molecule has 1 saturated heterocycles. The molecule has 8 heteroatoms. The number of rotatable bonds is 5. The zero-order valence-corrected chi connectivity index (χ0v) is 13.6. The van der Waals surface area contributed by atoms with Gasteiger partial charge in [-0.15, -0.1) is 5.10 Å². The van der Waals surface area contributed by atoms with Gasteiger partial charge in [0.2, 0.25) is 11.1 Å². The molecule has 6 nitrogen and oxygen atoms in total. The Labute approximate surface area is 137 Å². The van der Waals surface area contributed by atoms with Crippen LogP contribution in [0.1, 0.15) is 19.3 Å². The summed E-state index contributed by atoms with van der Waals surface area (Å²) in [5.74, 6) is 0.888. The monoisotopic (exact) mass is 337 g/mol. The summed E-state index contributed by atoms with van der Waals surface area (Å²) in [6.07, 6.45) is 2.75. The number of carbonyl (C=O) groups excluding carboxylic acids is 1. The summed E-state index contributed by atoms with van der Waals surface area (Å²) in [7, 11) is 0. The normalized spacial score (nSPS) is 14.5. The van der Waals surface area contributed by atoms with Crippen LogP contribution in [0, 0.1) is 0 Å². The van der Waals surface area contributed by atoms with Crippen molar-refractivity contribution >= 4 is 29.3 Å². The van der Waals surface area contributed by atoms with Gasteiger partial charge >= 0.3 is 0 Å². The predicted octanol–water partition coefficient (Wildman–Crippen LogP) is 2.42. The highest BCUT2D eigenvalue weighted by Crippen LogP contribution is 2.21. The SMILES string of the molecule is O=C(CCSc1nnnn1-c1ccc(Cl)cc1)N1CCCC1. The fourth-order valence-corrected chi connectivity index (χ4v) is 3.31. The second-order valence-corrected chi connectivity index (χ2v) is 6.53. The third-order valence-electron chi connectivity index (χ3n) is 3.52. The Morgan fingerprint density at radius 2 is 1.95 bits per heavy atom. The molecule has 0 atom stereocenters. The van der Waals surface area contributed by atoms with Gasteiger partial charge in [0, 0.05) is 30.3 Å². The van der Waals surface area contributed by atoms with Gasteiger partial charge in [-0.1, -0.05) is 23.4 Å². The van der Waals surface area contributed by atoms with E-state index in [0.29, 0.717) is 22.4 Å². The summed E-state index contributed by atoms with van der Waals surface area (Å²) < 4.78 is 1.65. The van der Waals surface area contributed by atoms with Crippen LogP contribution in [0.15, 0.2) is 29.4 Å². The van der Waals surface area contributed by atoms with Gasteiger partial charge in [0.1, 0.15) is 0 Å². The average molecular weight is 338 g/mol. The summed E-state index contributed by atoms with van der Waals surface area (Å²) in [4.78, 5) is 13.9. The van der Waals surface area contributed by atoms with Crippen LogP contribution >= 0.6 is 23.4 Å². The van der Waals surface area contributed by atoms with Gasteiger partial charge in [-0.2, -0.15) is 4.68 Å². The first kappa shape index (κ1) is 15.3. The maximum absolute atomic E-state index is 12.0. The van der Waals surface area contributed by atoms with Gasteiger partial charge in [-0.3, -0.25) is 4.79 Å². The zero-order valence-electron chi connectivity index (χ0n) is 12.0. The lowest BCUT2D eigenvalue weighted by Gasteiger charge is -2.14. The Kier molecular flexibility index (Phi) is 4.94. The van der Waals surface area contributed by atoms with Crippen molar-refractivity contribution in [3.8, 4) is 5.69 Å². The molecule has 1 aliphatic rings. The number of likely N-dealkylation sites (tertiary alicyclic amines) is 1. The fraction of sp³-hybridized carbons (Fsp3) is 0.429. The maximum Gasteiger partial charge on any atom is 0.223 e. The van der Waals surface area contributed by atoms with Crippen LogP contribution in [-0.2, 0) is 4.79 Å². The molecule has 1 aromatic heterocycles. The fourth-order valence-electron chi connectivity index (χ4n) is 2.37. The van der Waals surface area contributed by atoms with Crippen molar-refractivity contribution in [1.29, 1.82) is 0 Å². The number of tetrazole rings is 1. The molecule has 0 bridgehead atoms. The first-order chi connectivity index (χ1) is 10.7. The van der Waals surface area contributed by atoms with E-state index in [1.165, 1.54) is 11.8 Å². The van der Waals surface area contributed by atoms with Crippen molar-refractivity contribution in [3.63, 3.8) is 0 Å². The summed E-state index contributed by atoms with van der Waals surface area (Å²) in [6, 6.07) is 7.31. The van der Waals surface area contributed by atoms with Crippen molar-refractivity contribution in [2.24, 2.45) is 0 Å². The lowest BCUT2D eigenvalue weighted by molar-refractivity contribution is -0.129. The quantitative estimate of drug-likeness (QED) is 0.784. The molecular weight excluding hydrogens is 322 g/mol. The third kappa shape index (κ3) is 3.59. The van der Waals surface area contributed by atoms with Crippen LogP contribution in [-0.4, -0.2) is 49.9 Å². The first-order valence-corrected chi connectivity index (χ1v) is 8.55. The number of nitrogens with zero attached hydrogens (tertiary/aromatic N) is 5. The molecule has 0 saturated carbocycles. The van der Waals surface area contributed by atoms with E-state index in [-0.39, 0.29) is 5.91 Å². The molecule has 0 aliphatic carbocycles. The Balaban J connectivity index is 1.58. The van der Waals surface area contributed by atoms with Crippen LogP contribution in [0.25, 0.3) is 5.69 Å². The summed E-state index contributed by atoms with van der Waals surface area (Å²) in [6.45, 7) is 1.79. The van der Waals surface area contributed by atoms with Crippen LogP contribution < -0.4 is 0 Å². The van der Waals surface area contributed by atoms with E-state index in [9.17, 15) is 4.79 Å². The number of aromatic nitrogens is 4. The largest absolute Gasteiger partial charge is 0.343 e. The average Bonchev–Trinajstić information content (AvgIpc) is 3.19. The molecule has 3 rings (SSSR count). The van der Waals surface area contributed by atoms with Crippen molar-refractivity contribution in [2.45, 2.75) is 24.4 Å². The van der Waals surface area contributed by atoms with Crippen molar-refractivity contribution in [3.05, 3.63) is 29.3 Å². The highest BCUT2D eigenvalue weighted by molar-refractivity contribution is 7.99. The second-order valence-electron chi connectivity index (χ2n) is 5.04. The van der Waals surface area contributed by atoms with Gasteiger partial charge < -0.3 is 4.90 Å². The Morgan fingerprint density at radius 1 is 1.23 bits per heavy atom. The molecular formula is C14H16ClN5OS. The number of halogens is 1. The molecule has 1 aromatic carbocycles. The highest BCUT2D eigenvalue weighted by atomic mass is 35.5. The molecule has 0 radical (unpaired) electrons. The molecule has 1 aliphatic heterocycles. The van der Waals surface area contributed by atoms with Gasteiger partial charge in [0.25, 0.3) is 0 Å². The number of carbonyl (C=O) groups is 1. The van der Waals surface area contributed by atoms with Crippen molar-refractivity contribution in [1.82, 2.24) is 25.1 Å². The summed E-state index contributed by atoms with van der Waals surface area (Å²) in [5, 5.41) is 13.1. The van der Waals surface area contributed by atoms with E-state index < -0.39 is 0 Å².